The van der Waals surface area contributed by atoms with Crippen molar-refractivity contribution >= 4 is 11.9 Å². The third kappa shape index (κ3) is 10.2. The predicted molar refractivity (Wildman–Crippen MR) is 76.3 cm³/mol. The Hall–Kier alpha value is -1.57. The lowest BCUT2D eigenvalue weighted by atomic mass is 9.95. The standard InChI is InChI=1S/C9H10F3NO3.C3H8O.C2H6/c10-9(11,12)8(16)13-6-3-1-5(2-4-6)7(14)15;1-2-3-4;1-2/h1,6H,2-4H2,(H,13,16)(H,14,15);4H,2-3H2,1H3;1-2H3. The minimum Gasteiger partial charge on any atom is -0.478 e. The molecule has 0 aromatic rings. The molecule has 3 N–H and O–H groups in total. The van der Waals surface area contributed by atoms with Crippen LogP contribution in [0.2, 0.25) is 0 Å². The SMILES string of the molecule is CC.CCCO.O=C(O)C1=CCC(NC(=O)C(F)(F)F)CC1. The fraction of sp³-hybridized carbons (Fsp3) is 0.714. The van der Waals surface area contributed by atoms with E-state index in [1.54, 1.807) is 0 Å². The Balaban J connectivity index is 0. The van der Waals surface area contributed by atoms with Crippen LogP contribution in [0.1, 0.15) is 46.5 Å². The van der Waals surface area contributed by atoms with E-state index in [9.17, 15) is 22.8 Å². The Morgan fingerprint density at radius 1 is 1.36 bits per heavy atom. The van der Waals surface area contributed by atoms with E-state index in [4.69, 9.17) is 10.2 Å². The van der Waals surface area contributed by atoms with Gasteiger partial charge in [-0.3, -0.25) is 4.79 Å². The van der Waals surface area contributed by atoms with Gasteiger partial charge in [0, 0.05) is 18.2 Å². The summed E-state index contributed by atoms with van der Waals surface area (Å²) in [4.78, 5) is 21.1. The Morgan fingerprint density at radius 3 is 2.14 bits per heavy atom. The monoisotopic (exact) mass is 327 g/mol. The van der Waals surface area contributed by atoms with Crippen molar-refractivity contribution in [1.82, 2.24) is 5.32 Å². The maximum atomic E-state index is 11.9. The van der Waals surface area contributed by atoms with Gasteiger partial charge in [0.1, 0.15) is 0 Å². The molecule has 0 aromatic heterocycles. The Labute approximate surface area is 128 Å². The van der Waals surface area contributed by atoms with E-state index in [0.717, 1.165) is 6.42 Å². The molecule has 22 heavy (non-hydrogen) atoms. The van der Waals surface area contributed by atoms with Gasteiger partial charge in [-0.05, 0) is 25.7 Å². The third-order valence-electron chi connectivity index (χ3n) is 2.50. The number of aliphatic carboxylic acids is 1. The molecule has 0 bridgehead atoms. The fourth-order valence-corrected chi connectivity index (χ4v) is 1.43. The molecule has 0 aromatic carbocycles. The highest BCUT2D eigenvalue weighted by Crippen LogP contribution is 2.20. The summed E-state index contributed by atoms with van der Waals surface area (Å²) in [6.07, 6.45) is -2.19. The van der Waals surface area contributed by atoms with Gasteiger partial charge < -0.3 is 15.5 Å². The largest absolute Gasteiger partial charge is 0.478 e. The number of carboxylic acids is 1. The number of carboxylic acid groups (broad SMARTS) is 1. The fourth-order valence-electron chi connectivity index (χ4n) is 1.43. The summed E-state index contributed by atoms with van der Waals surface area (Å²) in [6.45, 7) is 6.25. The van der Waals surface area contributed by atoms with E-state index >= 15 is 0 Å². The molecule has 0 aliphatic heterocycles. The number of carbonyl (C=O) groups excluding carboxylic acids is 1. The molecule has 1 amide bonds. The van der Waals surface area contributed by atoms with Gasteiger partial charge in [0.25, 0.3) is 0 Å². The first kappa shape index (κ1) is 22.7. The zero-order chi connectivity index (χ0) is 17.8. The van der Waals surface area contributed by atoms with Crippen LogP contribution in [0.25, 0.3) is 0 Å². The number of aliphatic hydroxyl groups is 1. The second-order valence-electron chi connectivity index (χ2n) is 4.20. The van der Waals surface area contributed by atoms with Crippen molar-refractivity contribution in [3.8, 4) is 0 Å². The smallest absolute Gasteiger partial charge is 0.471 e. The minimum absolute atomic E-state index is 0.115. The number of halogens is 3. The van der Waals surface area contributed by atoms with Crippen molar-refractivity contribution in [1.29, 1.82) is 0 Å². The van der Waals surface area contributed by atoms with E-state index in [0.29, 0.717) is 6.61 Å². The molecule has 5 nitrogen and oxygen atoms in total. The van der Waals surface area contributed by atoms with Crippen molar-refractivity contribution in [2.24, 2.45) is 0 Å². The summed E-state index contributed by atoms with van der Waals surface area (Å²) in [6, 6.07) is -0.641. The summed E-state index contributed by atoms with van der Waals surface area (Å²) in [5, 5.41) is 18.3. The quantitative estimate of drug-likeness (QED) is 0.744. The van der Waals surface area contributed by atoms with Gasteiger partial charge in [0.2, 0.25) is 0 Å². The molecule has 1 aliphatic rings. The molecule has 0 fully saturated rings. The molecular weight excluding hydrogens is 303 g/mol. The van der Waals surface area contributed by atoms with Crippen LogP contribution in [0.15, 0.2) is 11.6 Å². The lowest BCUT2D eigenvalue weighted by Gasteiger charge is -2.22. The maximum absolute atomic E-state index is 11.9. The minimum atomic E-state index is -4.89. The second kappa shape index (κ2) is 12.0. The lowest BCUT2D eigenvalue weighted by Crippen LogP contribution is -2.43. The molecular formula is C14H24F3NO4. The zero-order valence-corrected chi connectivity index (χ0v) is 13.0. The van der Waals surface area contributed by atoms with Crippen LogP contribution in [0, 0.1) is 0 Å². The van der Waals surface area contributed by atoms with Crippen molar-refractivity contribution in [3.05, 3.63) is 11.6 Å². The number of rotatable bonds is 3. The van der Waals surface area contributed by atoms with Gasteiger partial charge in [-0.15, -0.1) is 0 Å². The Kier molecular flexibility index (Phi) is 12.4. The number of hydrogen-bond acceptors (Lipinski definition) is 3. The summed E-state index contributed by atoms with van der Waals surface area (Å²) < 4.78 is 35.7. The van der Waals surface area contributed by atoms with Crippen LogP contribution < -0.4 is 5.32 Å². The van der Waals surface area contributed by atoms with Gasteiger partial charge in [0.05, 0.1) is 0 Å². The first-order chi connectivity index (χ1) is 10.2. The molecule has 0 saturated carbocycles. The van der Waals surface area contributed by atoms with E-state index in [-0.39, 0.29) is 24.8 Å². The predicted octanol–water partition coefficient (Wildman–Crippen LogP) is 2.64. The average molecular weight is 327 g/mol. The molecule has 1 unspecified atom stereocenters. The average Bonchev–Trinajstić information content (AvgIpc) is 2.49. The van der Waals surface area contributed by atoms with Gasteiger partial charge in [-0.1, -0.05) is 26.8 Å². The highest BCUT2D eigenvalue weighted by molar-refractivity contribution is 5.87. The number of alkyl halides is 3. The van der Waals surface area contributed by atoms with Gasteiger partial charge in [0.15, 0.2) is 0 Å². The second-order valence-corrected chi connectivity index (χ2v) is 4.20. The van der Waals surface area contributed by atoms with Gasteiger partial charge >= 0.3 is 18.1 Å². The number of aliphatic hydroxyl groups excluding tert-OH is 1. The molecule has 1 aliphatic carbocycles. The molecule has 0 heterocycles. The topological polar surface area (TPSA) is 86.6 Å². The molecule has 8 heteroatoms. The van der Waals surface area contributed by atoms with E-state index < -0.39 is 24.1 Å². The summed E-state index contributed by atoms with van der Waals surface area (Å²) in [5.41, 5.74) is 0.178. The first-order valence-electron chi connectivity index (χ1n) is 7.13. The van der Waals surface area contributed by atoms with Gasteiger partial charge in [-0.2, -0.15) is 13.2 Å². The lowest BCUT2D eigenvalue weighted by molar-refractivity contribution is -0.174. The highest BCUT2D eigenvalue weighted by atomic mass is 19.4. The number of hydrogen-bond donors (Lipinski definition) is 3. The maximum Gasteiger partial charge on any atom is 0.471 e. The van der Waals surface area contributed by atoms with E-state index in [1.165, 1.54) is 6.08 Å². The first-order valence-corrected chi connectivity index (χ1v) is 7.13. The van der Waals surface area contributed by atoms with Crippen LogP contribution in [0.5, 0.6) is 0 Å². The number of carbonyl (C=O) groups is 2. The molecule has 1 atom stereocenters. The summed E-state index contributed by atoms with van der Waals surface area (Å²) >= 11 is 0. The molecule has 1 rings (SSSR count). The summed E-state index contributed by atoms with van der Waals surface area (Å²) in [5.74, 6) is -3.05. The third-order valence-corrected chi connectivity index (χ3v) is 2.50. The van der Waals surface area contributed by atoms with Crippen LogP contribution in [0.4, 0.5) is 13.2 Å². The van der Waals surface area contributed by atoms with Crippen molar-refractivity contribution < 1.29 is 33.0 Å². The number of amides is 1. The highest BCUT2D eigenvalue weighted by Gasteiger charge is 2.39. The van der Waals surface area contributed by atoms with Gasteiger partial charge in [-0.25, -0.2) is 4.79 Å². The van der Waals surface area contributed by atoms with Crippen molar-refractivity contribution in [2.75, 3.05) is 6.61 Å². The van der Waals surface area contributed by atoms with Crippen molar-refractivity contribution in [3.63, 3.8) is 0 Å². The normalized spacial score (nSPS) is 17.0. The molecule has 0 radical (unpaired) electrons. The molecule has 0 spiro atoms. The van der Waals surface area contributed by atoms with Crippen LogP contribution in [-0.2, 0) is 9.59 Å². The van der Waals surface area contributed by atoms with E-state index in [2.05, 4.69) is 0 Å². The Morgan fingerprint density at radius 2 is 1.86 bits per heavy atom. The van der Waals surface area contributed by atoms with Crippen molar-refractivity contribution in [2.45, 2.75) is 58.7 Å². The molecule has 0 saturated heterocycles. The Bertz CT molecular complexity index is 366. The van der Waals surface area contributed by atoms with Crippen LogP contribution >= 0.6 is 0 Å². The van der Waals surface area contributed by atoms with Crippen LogP contribution in [0.3, 0.4) is 0 Å². The zero-order valence-electron chi connectivity index (χ0n) is 13.0. The summed E-state index contributed by atoms with van der Waals surface area (Å²) in [7, 11) is 0. The van der Waals surface area contributed by atoms with Crippen LogP contribution in [-0.4, -0.2) is 40.9 Å². The van der Waals surface area contributed by atoms with E-state index in [1.807, 2.05) is 26.1 Å². The molecule has 130 valence electrons. The number of nitrogens with one attached hydrogen (secondary N) is 1.